The predicted octanol–water partition coefficient (Wildman–Crippen LogP) is 3.82. The number of carbonyl (C=O) groups excluding carboxylic acids is 2. The van der Waals surface area contributed by atoms with Crippen LogP contribution >= 0.6 is 11.6 Å². The van der Waals surface area contributed by atoms with E-state index in [1.54, 1.807) is 23.9 Å². The number of anilines is 1. The van der Waals surface area contributed by atoms with E-state index in [9.17, 15) is 14.4 Å². The van der Waals surface area contributed by atoms with E-state index in [2.05, 4.69) is 10.6 Å². The summed E-state index contributed by atoms with van der Waals surface area (Å²) in [4.78, 5) is 39.4. The van der Waals surface area contributed by atoms with Gasteiger partial charge in [-0.1, -0.05) is 43.6 Å². The minimum atomic E-state index is -0.611. The van der Waals surface area contributed by atoms with Gasteiger partial charge in [-0.05, 0) is 55.6 Å². The SMILES string of the molecule is CCOc1c(C)cc(Cl)cc1C(=O)NCC(C)(C)CC(=O)Nc1c(CCN)n(C)n(-c2ccccc2)c1=O. The second-order valence-corrected chi connectivity index (χ2v) is 10.4. The van der Waals surface area contributed by atoms with Gasteiger partial charge < -0.3 is 21.1 Å². The van der Waals surface area contributed by atoms with Crippen LogP contribution in [0.5, 0.6) is 5.75 Å². The number of ether oxygens (including phenoxy) is 1. The lowest BCUT2D eigenvalue weighted by molar-refractivity contribution is -0.118. The molecule has 9 nitrogen and oxygen atoms in total. The molecule has 3 rings (SSSR count). The Bertz CT molecular complexity index is 1360. The second kappa shape index (κ2) is 12.3. The lowest BCUT2D eigenvalue weighted by Crippen LogP contribution is -2.37. The van der Waals surface area contributed by atoms with Crippen molar-refractivity contribution in [2.75, 3.05) is 25.0 Å². The van der Waals surface area contributed by atoms with Gasteiger partial charge in [0.1, 0.15) is 11.4 Å². The first-order valence-corrected chi connectivity index (χ1v) is 12.9. The normalized spacial score (nSPS) is 11.3. The molecule has 0 aliphatic rings. The fourth-order valence-electron chi connectivity index (χ4n) is 4.39. The summed E-state index contributed by atoms with van der Waals surface area (Å²) in [7, 11) is 1.77. The van der Waals surface area contributed by atoms with E-state index in [4.69, 9.17) is 22.1 Å². The van der Waals surface area contributed by atoms with Crippen molar-refractivity contribution >= 4 is 29.1 Å². The molecular weight excluding hydrogens is 506 g/mol. The Morgan fingerprint density at radius 3 is 2.47 bits per heavy atom. The molecule has 1 heterocycles. The topological polar surface area (TPSA) is 120 Å². The van der Waals surface area contributed by atoms with Gasteiger partial charge in [0, 0.05) is 31.5 Å². The highest BCUT2D eigenvalue weighted by molar-refractivity contribution is 6.31. The first-order valence-electron chi connectivity index (χ1n) is 12.6. The lowest BCUT2D eigenvalue weighted by Gasteiger charge is -2.24. The molecule has 0 atom stereocenters. The van der Waals surface area contributed by atoms with Crippen LogP contribution in [0.4, 0.5) is 5.69 Å². The number of nitrogens with zero attached hydrogens (tertiary/aromatic N) is 2. The minimum absolute atomic E-state index is 0.0713. The summed E-state index contributed by atoms with van der Waals surface area (Å²) in [5, 5.41) is 6.14. The standard InChI is InChI=1S/C28H36ClN5O4/c1-6-38-25-18(2)14-19(29)15-21(25)26(36)31-17-28(3,4)16-23(35)32-24-22(12-13-30)33(5)34(27(24)37)20-10-8-7-9-11-20/h7-11,14-15H,6,12-13,16-17,30H2,1-5H3,(H,31,36)(H,32,35). The minimum Gasteiger partial charge on any atom is -0.493 e. The van der Waals surface area contributed by atoms with Gasteiger partial charge in [0.05, 0.1) is 23.6 Å². The van der Waals surface area contributed by atoms with Gasteiger partial charge in [-0.2, -0.15) is 0 Å². The molecule has 0 aliphatic heterocycles. The molecule has 2 aromatic carbocycles. The van der Waals surface area contributed by atoms with Crippen LogP contribution in [0, 0.1) is 12.3 Å². The second-order valence-electron chi connectivity index (χ2n) is 9.94. The first kappa shape index (κ1) is 29.0. The third kappa shape index (κ3) is 6.65. The van der Waals surface area contributed by atoms with Gasteiger partial charge in [-0.15, -0.1) is 0 Å². The van der Waals surface area contributed by atoms with Gasteiger partial charge in [-0.25, -0.2) is 4.68 Å². The zero-order valence-corrected chi connectivity index (χ0v) is 23.3. The van der Waals surface area contributed by atoms with Crippen LogP contribution in [0.25, 0.3) is 5.69 Å². The molecule has 0 unspecified atom stereocenters. The molecule has 10 heteroatoms. The average molecular weight is 542 g/mol. The van der Waals surface area contributed by atoms with Crippen LogP contribution in [0.1, 0.15) is 48.8 Å². The van der Waals surface area contributed by atoms with E-state index in [0.717, 1.165) is 5.56 Å². The van der Waals surface area contributed by atoms with Crippen molar-refractivity contribution in [1.29, 1.82) is 0 Å². The molecule has 204 valence electrons. The Balaban J connectivity index is 1.75. The molecule has 0 saturated heterocycles. The molecule has 1 aromatic heterocycles. The summed E-state index contributed by atoms with van der Waals surface area (Å²) in [6.45, 7) is 8.36. The molecule has 0 bridgehead atoms. The number of rotatable bonds is 11. The Kier molecular flexibility index (Phi) is 9.40. The fraction of sp³-hybridized carbons (Fsp3) is 0.393. The summed E-state index contributed by atoms with van der Waals surface area (Å²) < 4.78 is 8.89. The monoisotopic (exact) mass is 541 g/mol. The van der Waals surface area contributed by atoms with Crippen molar-refractivity contribution in [3.63, 3.8) is 0 Å². The van der Waals surface area contributed by atoms with Crippen molar-refractivity contribution in [3.8, 4) is 11.4 Å². The summed E-state index contributed by atoms with van der Waals surface area (Å²) in [6.07, 6.45) is 0.490. The number of nitrogens with one attached hydrogen (secondary N) is 2. The van der Waals surface area contributed by atoms with Crippen molar-refractivity contribution in [2.45, 2.75) is 40.5 Å². The number of amides is 2. The van der Waals surface area contributed by atoms with Crippen molar-refractivity contribution in [3.05, 3.63) is 74.7 Å². The number of halogens is 1. The number of hydrogen-bond donors (Lipinski definition) is 3. The summed E-state index contributed by atoms with van der Waals surface area (Å²) in [6, 6.07) is 12.5. The van der Waals surface area contributed by atoms with Gasteiger partial charge in [0.25, 0.3) is 11.5 Å². The number of carbonyl (C=O) groups is 2. The van der Waals surface area contributed by atoms with Gasteiger partial charge in [0.15, 0.2) is 0 Å². The Morgan fingerprint density at radius 2 is 1.84 bits per heavy atom. The maximum atomic E-state index is 13.3. The number of aromatic nitrogens is 2. The Hall–Kier alpha value is -3.56. The number of hydrogen-bond acceptors (Lipinski definition) is 5. The van der Waals surface area contributed by atoms with Crippen LogP contribution in [-0.2, 0) is 18.3 Å². The smallest absolute Gasteiger partial charge is 0.295 e. The van der Waals surface area contributed by atoms with E-state index in [0.29, 0.717) is 47.3 Å². The molecule has 4 N–H and O–H groups in total. The molecular formula is C28H36ClN5O4. The van der Waals surface area contributed by atoms with Crippen LogP contribution in [0.2, 0.25) is 5.02 Å². The van der Waals surface area contributed by atoms with E-state index in [1.807, 2.05) is 58.0 Å². The Morgan fingerprint density at radius 1 is 1.16 bits per heavy atom. The highest BCUT2D eigenvalue weighted by atomic mass is 35.5. The summed E-state index contributed by atoms with van der Waals surface area (Å²) >= 11 is 6.18. The summed E-state index contributed by atoms with van der Waals surface area (Å²) in [5.74, 6) is -0.193. The highest BCUT2D eigenvalue weighted by Gasteiger charge is 2.27. The maximum absolute atomic E-state index is 13.3. The van der Waals surface area contributed by atoms with Gasteiger partial charge >= 0.3 is 0 Å². The maximum Gasteiger partial charge on any atom is 0.295 e. The molecule has 38 heavy (non-hydrogen) atoms. The predicted molar refractivity (Wildman–Crippen MR) is 150 cm³/mol. The van der Waals surface area contributed by atoms with Crippen LogP contribution in [-0.4, -0.2) is 40.9 Å². The van der Waals surface area contributed by atoms with E-state index in [1.165, 1.54) is 4.68 Å². The molecule has 3 aromatic rings. The molecule has 2 amide bonds. The molecule has 0 aliphatic carbocycles. The van der Waals surface area contributed by atoms with E-state index >= 15 is 0 Å². The van der Waals surface area contributed by atoms with Crippen molar-refractivity contribution < 1.29 is 14.3 Å². The highest BCUT2D eigenvalue weighted by Crippen LogP contribution is 2.28. The van der Waals surface area contributed by atoms with Crippen LogP contribution < -0.4 is 26.7 Å². The Labute approximate surface area is 227 Å². The van der Waals surface area contributed by atoms with Crippen molar-refractivity contribution in [1.82, 2.24) is 14.7 Å². The number of para-hydroxylation sites is 1. The molecule has 0 radical (unpaired) electrons. The van der Waals surface area contributed by atoms with Gasteiger partial charge in [0.2, 0.25) is 5.91 Å². The van der Waals surface area contributed by atoms with E-state index in [-0.39, 0.29) is 36.0 Å². The molecule has 0 fully saturated rings. The molecule has 0 spiro atoms. The third-order valence-corrected chi connectivity index (χ3v) is 6.39. The van der Waals surface area contributed by atoms with Gasteiger partial charge in [-0.3, -0.25) is 19.1 Å². The number of aryl methyl sites for hydroxylation is 1. The fourth-order valence-corrected chi connectivity index (χ4v) is 4.66. The average Bonchev–Trinajstić information content (AvgIpc) is 3.08. The zero-order valence-electron chi connectivity index (χ0n) is 22.6. The van der Waals surface area contributed by atoms with Crippen LogP contribution in [0.15, 0.2) is 47.3 Å². The largest absolute Gasteiger partial charge is 0.493 e. The third-order valence-electron chi connectivity index (χ3n) is 6.17. The zero-order chi connectivity index (χ0) is 28.0. The quantitative estimate of drug-likeness (QED) is 0.341. The first-order chi connectivity index (χ1) is 18.0. The molecule has 0 saturated carbocycles. The summed E-state index contributed by atoms with van der Waals surface area (Å²) in [5.41, 5.74) is 7.50. The number of nitrogens with two attached hydrogens (primary N) is 1. The van der Waals surface area contributed by atoms with Crippen LogP contribution in [0.3, 0.4) is 0 Å². The van der Waals surface area contributed by atoms with E-state index < -0.39 is 5.41 Å². The lowest BCUT2D eigenvalue weighted by atomic mass is 9.88. The number of benzene rings is 2. The van der Waals surface area contributed by atoms with Crippen molar-refractivity contribution in [2.24, 2.45) is 18.2 Å².